The van der Waals surface area contributed by atoms with E-state index < -0.39 is 217 Å². The summed E-state index contributed by atoms with van der Waals surface area (Å²) in [6.07, 6.45) is -3.72. The van der Waals surface area contributed by atoms with Gasteiger partial charge in [0.15, 0.2) is 31.5 Å². The number of amides is 3. The maximum absolute atomic E-state index is 13.5. The van der Waals surface area contributed by atoms with Crippen LogP contribution in [0, 0.1) is 0 Å². The van der Waals surface area contributed by atoms with Gasteiger partial charge in [-0.25, -0.2) is 0 Å². The van der Waals surface area contributed by atoms with Crippen molar-refractivity contribution >= 4 is 17.7 Å². The first-order valence-electron chi connectivity index (χ1n) is 39.5. The van der Waals surface area contributed by atoms with Gasteiger partial charge in [-0.2, -0.15) is 0 Å². The van der Waals surface area contributed by atoms with Crippen LogP contribution >= 0.6 is 0 Å². The first-order valence-corrected chi connectivity index (χ1v) is 39.5. The van der Waals surface area contributed by atoms with E-state index >= 15 is 0 Å². The molecule has 0 aliphatic carbocycles. The molecule has 0 aromatic rings. The molecule has 18 N–H and O–H groups in total. The monoisotopic (exact) mass is 1510 g/mol. The maximum Gasteiger partial charge on any atom is 0.220 e. The summed E-state index contributed by atoms with van der Waals surface area (Å²) < 4.78 is 59.2. The third-order valence-electron chi connectivity index (χ3n) is 20.6. The van der Waals surface area contributed by atoms with E-state index in [0.29, 0.717) is 12.8 Å². The van der Waals surface area contributed by atoms with Crippen LogP contribution in [-0.4, -0.2) is 300 Å². The number of nitrogens with one attached hydrogen (secondary N) is 3. The molecule has 27 atom stereocenters. The Bertz CT molecular complexity index is 2340. The lowest BCUT2D eigenvalue weighted by molar-refractivity contribution is -0.383. The number of ether oxygens (including phenoxy) is 10. The number of carbonyl (C=O) groups is 3. The number of allylic oxidation sites excluding steroid dienone is 1. The van der Waals surface area contributed by atoms with E-state index in [2.05, 4.69) is 29.8 Å². The van der Waals surface area contributed by atoms with Gasteiger partial charge in [0.25, 0.3) is 0 Å². The minimum absolute atomic E-state index is 0.195. The first-order chi connectivity index (χ1) is 50.6. The molecule has 0 spiro atoms. The topological polar surface area (TPSA) is 483 Å². The average Bonchev–Trinajstić information content (AvgIpc) is 0.754. The molecular formula is C74H135N3O28. The van der Waals surface area contributed by atoms with Gasteiger partial charge in [0.05, 0.1) is 51.8 Å². The number of rotatable bonds is 53. The molecule has 0 bridgehead atoms. The zero-order valence-electron chi connectivity index (χ0n) is 62.6. The molecule has 0 aromatic heterocycles. The summed E-state index contributed by atoms with van der Waals surface area (Å²) in [6, 6.07) is -4.37. The predicted octanol–water partition coefficient (Wildman–Crippen LogP) is 1.31. The Hall–Kier alpha value is -2.85. The van der Waals surface area contributed by atoms with Crippen molar-refractivity contribution in [3.63, 3.8) is 0 Å². The molecule has 5 fully saturated rings. The van der Waals surface area contributed by atoms with Crippen LogP contribution in [0.5, 0.6) is 0 Å². The van der Waals surface area contributed by atoms with Crippen molar-refractivity contribution in [1.82, 2.24) is 16.0 Å². The lowest BCUT2D eigenvalue weighted by Gasteiger charge is -2.50. The first kappa shape index (κ1) is 92.8. The molecule has 0 aromatic carbocycles. The second-order valence-electron chi connectivity index (χ2n) is 29.3. The second-order valence-corrected chi connectivity index (χ2v) is 29.3. The van der Waals surface area contributed by atoms with Crippen LogP contribution in [0.2, 0.25) is 0 Å². The molecule has 105 heavy (non-hydrogen) atoms. The van der Waals surface area contributed by atoms with Crippen LogP contribution in [0.25, 0.3) is 0 Å². The minimum Gasteiger partial charge on any atom is -0.394 e. The van der Waals surface area contributed by atoms with Crippen LogP contribution in [-0.2, 0) is 61.8 Å². The second kappa shape index (κ2) is 51.7. The van der Waals surface area contributed by atoms with Gasteiger partial charge < -0.3 is 140 Å². The average molecular weight is 1510 g/mol. The van der Waals surface area contributed by atoms with Gasteiger partial charge in [-0.15, -0.1) is 0 Å². The summed E-state index contributed by atoms with van der Waals surface area (Å²) in [5.41, 5.74) is 0. The quantitative estimate of drug-likeness (QED) is 0.0301. The molecular weight excluding hydrogens is 1380 g/mol. The predicted molar refractivity (Wildman–Crippen MR) is 380 cm³/mol. The molecule has 10 unspecified atom stereocenters. The third kappa shape index (κ3) is 30.6. The number of aliphatic hydroxyl groups excluding tert-OH is 15. The van der Waals surface area contributed by atoms with Crippen molar-refractivity contribution < 1.29 is 138 Å². The fourth-order valence-corrected chi connectivity index (χ4v) is 14.3. The van der Waals surface area contributed by atoms with Gasteiger partial charge in [0.1, 0.15) is 122 Å². The van der Waals surface area contributed by atoms with Gasteiger partial charge in [0.2, 0.25) is 17.7 Å². The van der Waals surface area contributed by atoms with Gasteiger partial charge >= 0.3 is 0 Å². The Morgan fingerprint density at radius 3 is 1.17 bits per heavy atom. The van der Waals surface area contributed by atoms with Crippen molar-refractivity contribution in [3.05, 3.63) is 12.2 Å². The molecule has 5 rings (SSSR count). The Morgan fingerprint density at radius 2 is 0.714 bits per heavy atom. The maximum atomic E-state index is 13.5. The molecule has 614 valence electrons. The van der Waals surface area contributed by atoms with Gasteiger partial charge in [-0.3, -0.25) is 14.4 Å². The van der Waals surface area contributed by atoms with Crippen LogP contribution in [0.1, 0.15) is 233 Å². The van der Waals surface area contributed by atoms with E-state index in [-0.39, 0.29) is 12.3 Å². The zero-order valence-corrected chi connectivity index (χ0v) is 62.6. The van der Waals surface area contributed by atoms with Crippen molar-refractivity contribution in [2.24, 2.45) is 0 Å². The van der Waals surface area contributed by atoms with E-state index in [4.69, 9.17) is 47.4 Å². The third-order valence-corrected chi connectivity index (χ3v) is 20.6. The normalized spacial score (nSPS) is 34.4. The molecule has 31 heteroatoms. The lowest BCUT2D eigenvalue weighted by atomic mass is 9.94. The van der Waals surface area contributed by atoms with Crippen molar-refractivity contribution in [2.75, 3.05) is 39.6 Å². The summed E-state index contributed by atoms with van der Waals surface area (Å²) in [6.45, 7) is 1.40. The summed E-state index contributed by atoms with van der Waals surface area (Å²) >= 11 is 0. The van der Waals surface area contributed by atoms with Crippen molar-refractivity contribution in [1.29, 1.82) is 0 Å². The van der Waals surface area contributed by atoms with Gasteiger partial charge in [-0.1, -0.05) is 206 Å². The van der Waals surface area contributed by atoms with E-state index in [0.717, 1.165) is 58.8 Å². The fourth-order valence-electron chi connectivity index (χ4n) is 14.3. The van der Waals surface area contributed by atoms with Gasteiger partial charge in [-0.05, 0) is 19.3 Å². The number of aliphatic hydroxyl groups is 15. The molecule has 5 aliphatic heterocycles. The minimum atomic E-state index is -2.17. The summed E-state index contributed by atoms with van der Waals surface area (Å²) in [5, 5.41) is 174. The zero-order chi connectivity index (χ0) is 76.8. The highest BCUT2D eigenvalue weighted by atomic mass is 16.8. The Kier molecular flexibility index (Phi) is 45.6. The van der Waals surface area contributed by atoms with E-state index in [1.54, 1.807) is 6.08 Å². The summed E-state index contributed by atoms with van der Waals surface area (Å²) in [4.78, 5) is 38.6. The smallest absolute Gasteiger partial charge is 0.220 e. The van der Waals surface area contributed by atoms with E-state index in [9.17, 15) is 91.0 Å². The van der Waals surface area contributed by atoms with Gasteiger partial charge in [0, 0.05) is 20.3 Å². The van der Waals surface area contributed by atoms with Crippen molar-refractivity contribution in [3.8, 4) is 0 Å². The number of hydrogen-bond acceptors (Lipinski definition) is 28. The number of carbonyl (C=O) groups excluding carboxylic acids is 3. The highest BCUT2D eigenvalue weighted by Gasteiger charge is 2.57. The molecule has 3 amide bonds. The lowest BCUT2D eigenvalue weighted by Crippen LogP contribution is -2.70. The molecule has 0 saturated carbocycles. The van der Waals surface area contributed by atoms with Crippen LogP contribution in [0.3, 0.4) is 0 Å². The Labute approximate surface area is 620 Å². The number of unbranched alkanes of at least 4 members (excludes halogenated alkanes) is 29. The highest BCUT2D eigenvalue weighted by Crippen LogP contribution is 2.37. The molecule has 5 heterocycles. The van der Waals surface area contributed by atoms with Crippen molar-refractivity contribution in [2.45, 2.75) is 399 Å². The van der Waals surface area contributed by atoms with Crippen LogP contribution < -0.4 is 16.0 Å². The van der Waals surface area contributed by atoms with Crippen LogP contribution in [0.15, 0.2) is 12.2 Å². The summed E-state index contributed by atoms with van der Waals surface area (Å²) in [7, 11) is 0. The van der Waals surface area contributed by atoms with E-state index in [1.807, 2.05) is 6.08 Å². The Balaban J connectivity index is 1.19. The molecule has 0 radical (unpaired) electrons. The van der Waals surface area contributed by atoms with Crippen LogP contribution in [0.4, 0.5) is 0 Å². The number of hydrogen-bond donors (Lipinski definition) is 18. The molecule has 31 nitrogen and oxygen atoms in total. The van der Waals surface area contributed by atoms with E-state index in [1.165, 1.54) is 141 Å². The SMILES string of the molecule is CCCCCCCCCCCCC/C=C/[C@@H](O)[C@H](CO[C@@H]1OC(CO)[C@@H](O[C@@H]2OC(CO)[C@H](O[C@@H]3OC(CO)[C@H](O)[C@H](O[C@@H]4OC(CO)[C@H](O)[C@H](O[C@@H]5OC(CO)[C@H](O)[C@H](O)C5NC(C)=O)C4O)C3NC(C)=O)[C@H](O)C2O)[C@H](O)C1O)NC(=O)CCCCCCCCCCCCCCCCCCCCC. The Morgan fingerprint density at radius 1 is 0.371 bits per heavy atom. The highest BCUT2D eigenvalue weighted by molar-refractivity contribution is 5.76. The fraction of sp³-hybridized carbons (Fsp3) is 0.932. The standard InChI is InChI=1S/C74H135N3O28/c1-5-7-9-11-13-15-17-19-20-21-22-23-24-26-28-30-32-34-36-38-54(86)77-47(48(85)37-35-33-31-29-27-25-18-16-14-12-10-8-6-2)44-96-72-63(93)61(91)67(52(42-81)100-72)103-73-64(94)62(92)66(53(43-82)101-73)102-71-56(76-46(4)84)68(58(88)50(40-79)98-71)104-74-65(95)69(59(89)51(41-80)99-74)105-70-55(75-45(3)83)60(90)57(87)49(39-78)97-70/h35,37,47-53,55-74,78-82,85,87-95H,5-34,36,38-44H2,1-4H3,(H,75,83)(H,76,84)(H,77,86)/b37-35+/t47-,48+,49?,50?,51?,52?,53?,55?,56?,57-,58-,59-,60+,61+,62+,63?,64?,65?,66-,67+,68+,69-,70-,71-,72+,73-,74-/m0/s1. The molecule has 5 aliphatic rings. The largest absolute Gasteiger partial charge is 0.394 e. The molecule has 5 saturated heterocycles. The summed E-state index contributed by atoms with van der Waals surface area (Å²) in [5.74, 6) is -1.89.